The fourth-order valence-corrected chi connectivity index (χ4v) is 2.34. The molecule has 1 aromatic rings. The van der Waals surface area contributed by atoms with Gasteiger partial charge in [-0.15, -0.1) is 0 Å². The van der Waals surface area contributed by atoms with Crippen molar-refractivity contribution in [1.29, 1.82) is 0 Å². The first-order valence-electron chi connectivity index (χ1n) is 5.49. The molecule has 5 nitrogen and oxygen atoms in total. The maximum absolute atomic E-state index is 11.9. The molecule has 0 bridgehead atoms. The Labute approximate surface area is 113 Å². The van der Waals surface area contributed by atoms with Crippen LogP contribution in [-0.4, -0.2) is 36.5 Å². The van der Waals surface area contributed by atoms with Crippen LogP contribution in [-0.2, 0) is 9.53 Å². The van der Waals surface area contributed by atoms with E-state index in [-0.39, 0.29) is 5.91 Å². The molecule has 1 unspecified atom stereocenters. The van der Waals surface area contributed by atoms with Crippen molar-refractivity contribution in [2.45, 2.75) is 12.5 Å². The molecule has 0 aliphatic carbocycles. The number of hydrogen-bond acceptors (Lipinski definition) is 4. The molecule has 96 valence electrons. The van der Waals surface area contributed by atoms with Crippen LogP contribution in [0.3, 0.4) is 0 Å². The number of hydrogen-bond donors (Lipinski definition) is 1. The number of ether oxygens (including phenoxy) is 1. The zero-order valence-corrected chi connectivity index (χ0v) is 11.4. The van der Waals surface area contributed by atoms with Crippen LogP contribution in [0.2, 0.25) is 0 Å². The van der Waals surface area contributed by atoms with Crippen LogP contribution in [0.4, 0.5) is 5.69 Å². The second kappa shape index (κ2) is 4.97. The highest BCUT2D eigenvalue weighted by Crippen LogP contribution is 2.20. The van der Waals surface area contributed by atoms with Gasteiger partial charge in [-0.1, -0.05) is 15.9 Å². The van der Waals surface area contributed by atoms with Gasteiger partial charge in [0.15, 0.2) is 6.10 Å². The first kappa shape index (κ1) is 12.9. The number of rotatable bonds is 2. The largest absolute Gasteiger partial charge is 0.449 e. The van der Waals surface area contributed by atoms with Crippen LogP contribution in [0, 0.1) is 0 Å². The normalized spacial score (nSPS) is 19.1. The summed E-state index contributed by atoms with van der Waals surface area (Å²) in [6, 6.07) is 4.82. The van der Waals surface area contributed by atoms with Crippen LogP contribution in [0.1, 0.15) is 16.8 Å². The lowest BCUT2D eigenvalue weighted by atomic mass is 10.2. The lowest BCUT2D eigenvalue weighted by Crippen LogP contribution is -2.29. The van der Waals surface area contributed by atoms with Crippen LogP contribution >= 0.6 is 15.9 Å². The van der Waals surface area contributed by atoms with E-state index in [9.17, 15) is 9.59 Å². The number of benzene rings is 1. The van der Waals surface area contributed by atoms with Gasteiger partial charge in [-0.3, -0.25) is 4.79 Å². The highest BCUT2D eigenvalue weighted by Gasteiger charge is 2.32. The van der Waals surface area contributed by atoms with Gasteiger partial charge in [-0.2, -0.15) is 0 Å². The van der Waals surface area contributed by atoms with Gasteiger partial charge in [0.2, 0.25) is 0 Å². The summed E-state index contributed by atoms with van der Waals surface area (Å²) in [5, 5.41) is 0. The van der Waals surface area contributed by atoms with Crippen LogP contribution < -0.4 is 5.73 Å². The van der Waals surface area contributed by atoms with E-state index in [0.29, 0.717) is 28.7 Å². The van der Waals surface area contributed by atoms with Gasteiger partial charge in [0.1, 0.15) is 0 Å². The van der Waals surface area contributed by atoms with E-state index in [1.54, 1.807) is 24.1 Å². The zero-order chi connectivity index (χ0) is 13.3. The van der Waals surface area contributed by atoms with Crippen LogP contribution in [0.5, 0.6) is 0 Å². The standard InChI is InChI=1S/C12H13BrN2O3/c1-15-3-2-10(11(15)16)18-12(17)7-4-8(13)6-9(14)5-7/h4-6,10H,2-3,14H2,1H3. The lowest BCUT2D eigenvalue weighted by molar-refractivity contribution is -0.133. The van der Waals surface area contributed by atoms with E-state index in [0.717, 1.165) is 0 Å². The maximum atomic E-state index is 11.9. The third-order valence-electron chi connectivity index (χ3n) is 2.78. The van der Waals surface area contributed by atoms with Gasteiger partial charge >= 0.3 is 5.97 Å². The van der Waals surface area contributed by atoms with Crippen molar-refractivity contribution >= 4 is 33.5 Å². The monoisotopic (exact) mass is 312 g/mol. The first-order valence-corrected chi connectivity index (χ1v) is 6.28. The van der Waals surface area contributed by atoms with E-state index in [4.69, 9.17) is 10.5 Å². The van der Waals surface area contributed by atoms with Gasteiger partial charge < -0.3 is 15.4 Å². The number of anilines is 1. The lowest BCUT2D eigenvalue weighted by Gasteiger charge is -2.12. The summed E-state index contributed by atoms with van der Waals surface area (Å²) >= 11 is 3.25. The van der Waals surface area contributed by atoms with Gasteiger partial charge in [-0.05, 0) is 18.2 Å². The van der Waals surface area contributed by atoms with Crippen molar-refractivity contribution in [3.63, 3.8) is 0 Å². The molecule has 18 heavy (non-hydrogen) atoms. The summed E-state index contributed by atoms with van der Waals surface area (Å²) < 4.78 is 5.88. The van der Waals surface area contributed by atoms with E-state index in [1.165, 1.54) is 6.07 Å². The SMILES string of the molecule is CN1CCC(OC(=O)c2cc(N)cc(Br)c2)C1=O. The van der Waals surface area contributed by atoms with E-state index >= 15 is 0 Å². The molecule has 1 aliphatic heterocycles. The Bertz CT molecular complexity index is 484. The number of nitrogens with zero attached hydrogens (tertiary/aromatic N) is 1. The topological polar surface area (TPSA) is 72.6 Å². The second-order valence-corrected chi connectivity index (χ2v) is 5.13. The molecule has 1 amide bonds. The molecular weight excluding hydrogens is 300 g/mol. The molecule has 6 heteroatoms. The Hall–Kier alpha value is -1.56. The van der Waals surface area contributed by atoms with Gasteiger partial charge in [-0.25, -0.2) is 4.79 Å². The molecule has 1 saturated heterocycles. The first-order chi connectivity index (χ1) is 8.47. The summed E-state index contributed by atoms with van der Waals surface area (Å²) in [5.74, 6) is -0.692. The number of likely N-dealkylation sites (tertiary alicyclic amines) is 1. The summed E-state index contributed by atoms with van der Waals surface area (Å²) in [6.07, 6.45) is -0.146. The fourth-order valence-electron chi connectivity index (χ4n) is 1.83. The van der Waals surface area contributed by atoms with Gasteiger partial charge in [0, 0.05) is 30.2 Å². The number of carbonyl (C=O) groups excluding carboxylic acids is 2. The quantitative estimate of drug-likeness (QED) is 0.662. The molecule has 0 saturated carbocycles. The molecule has 1 aliphatic rings. The number of halogens is 1. The average molecular weight is 313 g/mol. The fraction of sp³-hybridized carbons (Fsp3) is 0.333. The van der Waals surface area contributed by atoms with Crippen LogP contribution in [0.15, 0.2) is 22.7 Å². The van der Waals surface area contributed by atoms with E-state index in [1.807, 2.05) is 0 Å². The van der Waals surface area contributed by atoms with Crippen LogP contribution in [0.25, 0.3) is 0 Å². The Morgan fingerprint density at radius 3 is 2.78 bits per heavy atom. The third-order valence-corrected chi connectivity index (χ3v) is 3.24. The highest BCUT2D eigenvalue weighted by molar-refractivity contribution is 9.10. The van der Waals surface area contributed by atoms with Crippen molar-refractivity contribution in [3.05, 3.63) is 28.2 Å². The van der Waals surface area contributed by atoms with Crippen molar-refractivity contribution in [1.82, 2.24) is 4.90 Å². The van der Waals surface area contributed by atoms with Crippen molar-refractivity contribution < 1.29 is 14.3 Å². The number of amides is 1. The van der Waals surface area contributed by atoms with Gasteiger partial charge in [0.05, 0.1) is 5.56 Å². The Morgan fingerprint density at radius 2 is 2.22 bits per heavy atom. The summed E-state index contributed by atoms with van der Waals surface area (Å²) in [4.78, 5) is 25.1. The maximum Gasteiger partial charge on any atom is 0.339 e. The molecule has 0 aromatic heterocycles. The molecule has 1 fully saturated rings. The molecule has 0 spiro atoms. The zero-order valence-electron chi connectivity index (χ0n) is 9.85. The second-order valence-electron chi connectivity index (χ2n) is 4.22. The molecule has 1 aromatic carbocycles. The average Bonchev–Trinajstić information content (AvgIpc) is 2.59. The van der Waals surface area contributed by atoms with Crippen molar-refractivity contribution in [2.75, 3.05) is 19.3 Å². The molecule has 2 rings (SSSR count). The molecule has 1 atom stereocenters. The van der Waals surface area contributed by atoms with E-state index < -0.39 is 12.1 Å². The third kappa shape index (κ3) is 2.64. The number of esters is 1. The van der Waals surface area contributed by atoms with Crippen molar-refractivity contribution in [2.24, 2.45) is 0 Å². The molecule has 2 N–H and O–H groups in total. The molecular formula is C12H13BrN2O3. The molecule has 1 heterocycles. The van der Waals surface area contributed by atoms with E-state index in [2.05, 4.69) is 15.9 Å². The Morgan fingerprint density at radius 1 is 1.50 bits per heavy atom. The minimum absolute atomic E-state index is 0.161. The Kier molecular flexibility index (Phi) is 3.56. The summed E-state index contributed by atoms with van der Waals surface area (Å²) in [5.41, 5.74) is 6.44. The smallest absolute Gasteiger partial charge is 0.339 e. The number of likely N-dealkylation sites (N-methyl/N-ethyl adjacent to an activating group) is 1. The Balaban J connectivity index is 2.10. The predicted molar refractivity (Wildman–Crippen MR) is 70.0 cm³/mol. The summed E-state index contributed by atoms with van der Waals surface area (Å²) in [6.45, 7) is 0.609. The number of nitrogen functional groups attached to an aromatic ring is 1. The number of carbonyl (C=O) groups is 2. The molecule has 0 radical (unpaired) electrons. The highest BCUT2D eigenvalue weighted by atomic mass is 79.9. The summed E-state index contributed by atoms with van der Waals surface area (Å²) in [7, 11) is 1.69. The van der Waals surface area contributed by atoms with Gasteiger partial charge in [0.25, 0.3) is 5.91 Å². The minimum Gasteiger partial charge on any atom is -0.449 e. The van der Waals surface area contributed by atoms with Crippen molar-refractivity contribution in [3.8, 4) is 0 Å². The predicted octanol–water partition coefficient (Wildman–Crippen LogP) is 1.42. The minimum atomic E-state index is -0.678. The number of nitrogens with two attached hydrogens (primary N) is 1.